The Morgan fingerprint density at radius 2 is 1.36 bits per heavy atom. The largest absolute Gasteiger partial charge is 0.494 e. The molecule has 1 amide bonds. The van der Waals surface area contributed by atoms with Crippen LogP contribution in [0.25, 0.3) is 0 Å². The van der Waals surface area contributed by atoms with Gasteiger partial charge in [-0.05, 0) is 86.5 Å². The number of allylic oxidation sites excluding steroid dienone is 4. The third-order valence-electron chi connectivity index (χ3n) is 4.90. The number of rotatable bonds is 14. The molecule has 0 aliphatic heterocycles. The van der Waals surface area contributed by atoms with Crippen molar-refractivity contribution < 1.29 is 38.1 Å². The van der Waals surface area contributed by atoms with Crippen LogP contribution in [0.2, 0.25) is 0 Å². The zero-order valence-corrected chi connectivity index (χ0v) is 21.9. The molecule has 9 heteroatoms. The standard InChI is InChI=1S/C30H31NO8/c1-5-26(16-9-21(3)38-29(34)23-10-14-25(15-11-23)31-22(4)32)39-30(35)24-12-17-27(18-13-24)36-19-7-8-20-37-28(33)6-2/h5-6,9-18H,1-2,7-8,19-20H2,3-4H3,(H,31,32)/b21-9+,26-16+. The highest BCUT2D eigenvalue weighted by Crippen LogP contribution is 2.16. The van der Waals surface area contributed by atoms with Crippen LogP contribution < -0.4 is 10.1 Å². The zero-order valence-electron chi connectivity index (χ0n) is 21.9. The average Bonchev–Trinajstić information content (AvgIpc) is 2.92. The number of unbranched alkanes of at least 4 members (excludes halogenated alkanes) is 1. The molecule has 2 aromatic carbocycles. The first-order valence-electron chi connectivity index (χ1n) is 12.1. The number of amides is 1. The summed E-state index contributed by atoms with van der Waals surface area (Å²) >= 11 is 0. The third kappa shape index (κ3) is 11.3. The highest BCUT2D eigenvalue weighted by Gasteiger charge is 2.10. The van der Waals surface area contributed by atoms with E-state index in [-0.39, 0.29) is 17.4 Å². The first kappa shape index (κ1) is 30.3. The Kier molecular flexibility index (Phi) is 12.5. The first-order chi connectivity index (χ1) is 18.7. The normalized spacial score (nSPS) is 11.1. The smallest absolute Gasteiger partial charge is 0.343 e. The van der Waals surface area contributed by atoms with E-state index in [2.05, 4.69) is 18.5 Å². The molecule has 2 aromatic rings. The van der Waals surface area contributed by atoms with Crippen LogP contribution in [0.4, 0.5) is 5.69 Å². The van der Waals surface area contributed by atoms with Gasteiger partial charge in [-0.25, -0.2) is 14.4 Å². The van der Waals surface area contributed by atoms with Gasteiger partial charge in [0.25, 0.3) is 0 Å². The van der Waals surface area contributed by atoms with E-state index in [0.29, 0.717) is 48.6 Å². The maximum absolute atomic E-state index is 12.5. The molecule has 0 saturated carbocycles. The van der Waals surface area contributed by atoms with E-state index in [4.69, 9.17) is 18.9 Å². The Morgan fingerprint density at radius 3 is 1.95 bits per heavy atom. The lowest BCUT2D eigenvalue weighted by Gasteiger charge is -2.08. The summed E-state index contributed by atoms with van der Waals surface area (Å²) in [5, 5.41) is 2.62. The van der Waals surface area contributed by atoms with E-state index in [1.807, 2.05) is 0 Å². The summed E-state index contributed by atoms with van der Waals surface area (Å²) in [4.78, 5) is 46.9. The van der Waals surface area contributed by atoms with E-state index >= 15 is 0 Å². The molecule has 0 atom stereocenters. The van der Waals surface area contributed by atoms with Gasteiger partial charge in [0.1, 0.15) is 17.3 Å². The van der Waals surface area contributed by atoms with Crippen molar-refractivity contribution in [2.75, 3.05) is 18.5 Å². The molecule has 9 nitrogen and oxygen atoms in total. The maximum atomic E-state index is 12.5. The van der Waals surface area contributed by atoms with Crippen LogP contribution in [0.15, 0.2) is 97.5 Å². The highest BCUT2D eigenvalue weighted by atomic mass is 16.5. The summed E-state index contributed by atoms with van der Waals surface area (Å²) in [7, 11) is 0. The molecule has 0 fully saturated rings. The van der Waals surface area contributed by atoms with Crippen molar-refractivity contribution >= 4 is 29.5 Å². The van der Waals surface area contributed by atoms with Gasteiger partial charge in [-0.1, -0.05) is 13.2 Å². The molecule has 1 N–H and O–H groups in total. The second-order valence-corrected chi connectivity index (χ2v) is 8.04. The Hall–Kier alpha value is -4.92. The molecule has 0 radical (unpaired) electrons. The first-order valence-corrected chi connectivity index (χ1v) is 12.1. The number of benzene rings is 2. The molecule has 0 heterocycles. The predicted molar refractivity (Wildman–Crippen MR) is 146 cm³/mol. The number of esters is 3. The van der Waals surface area contributed by atoms with Crippen molar-refractivity contribution in [1.29, 1.82) is 0 Å². The number of carbonyl (C=O) groups is 4. The molecular formula is C30H31NO8. The fourth-order valence-electron chi connectivity index (χ4n) is 2.95. The van der Waals surface area contributed by atoms with Gasteiger partial charge in [0.2, 0.25) is 5.91 Å². The fraction of sp³-hybridized carbons (Fsp3) is 0.200. The van der Waals surface area contributed by atoms with E-state index in [1.165, 1.54) is 37.3 Å². The van der Waals surface area contributed by atoms with Gasteiger partial charge < -0.3 is 24.3 Å². The number of hydrogen-bond acceptors (Lipinski definition) is 8. The number of ether oxygens (including phenoxy) is 4. The van der Waals surface area contributed by atoms with E-state index in [1.54, 1.807) is 43.3 Å². The Bertz CT molecular complexity index is 1240. The quantitative estimate of drug-likeness (QED) is 0.0842. The summed E-state index contributed by atoms with van der Waals surface area (Å²) in [6.45, 7) is 10.7. The molecule has 39 heavy (non-hydrogen) atoms. The molecule has 204 valence electrons. The molecule has 0 unspecified atom stereocenters. The van der Waals surface area contributed by atoms with Gasteiger partial charge >= 0.3 is 17.9 Å². The third-order valence-corrected chi connectivity index (χ3v) is 4.90. The van der Waals surface area contributed by atoms with Crippen molar-refractivity contribution in [1.82, 2.24) is 0 Å². The van der Waals surface area contributed by atoms with Gasteiger partial charge in [0.05, 0.1) is 24.3 Å². The Morgan fingerprint density at radius 1 is 0.769 bits per heavy atom. The molecule has 0 aromatic heterocycles. The molecule has 0 saturated heterocycles. The average molecular weight is 534 g/mol. The molecular weight excluding hydrogens is 502 g/mol. The summed E-state index contributed by atoms with van der Waals surface area (Å²) < 4.78 is 21.2. The summed E-state index contributed by atoms with van der Waals surface area (Å²) in [5.41, 5.74) is 1.17. The van der Waals surface area contributed by atoms with Crippen LogP contribution >= 0.6 is 0 Å². The summed E-state index contributed by atoms with van der Waals surface area (Å²) in [5.74, 6) is -0.838. The minimum Gasteiger partial charge on any atom is -0.494 e. The van der Waals surface area contributed by atoms with Gasteiger partial charge in [0, 0.05) is 18.7 Å². The predicted octanol–water partition coefficient (Wildman–Crippen LogP) is 5.52. The lowest BCUT2D eigenvalue weighted by Crippen LogP contribution is -2.07. The van der Waals surface area contributed by atoms with Crippen molar-refractivity contribution in [2.45, 2.75) is 26.7 Å². The fourth-order valence-corrected chi connectivity index (χ4v) is 2.95. The van der Waals surface area contributed by atoms with Crippen LogP contribution in [0.3, 0.4) is 0 Å². The van der Waals surface area contributed by atoms with Crippen molar-refractivity contribution in [3.63, 3.8) is 0 Å². The summed E-state index contributed by atoms with van der Waals surface area (Å²) in [6, 6.07) is 12.7. The van der Waals surface area contributed by atoms with Crippen molar-refractivity contribution in [2.24, 2.45) is 0 Å². The van der Waals surface area contributed by atoms with Crippen LogP contribution in [0.1, 0.15) is 47.4 Å². The highest BCUT2D eigenvalue weighted by molar-refractivity contribution is 5.92. The van der Waals surface area contributed by atoms with E-state index in [0.717, 1.165) is 6.08 Å². The molecule has 0 spiro atoms. The second kappa shape index (κ2) is 16.0. The van der Waals surface area contributed by atoms with Gasteiger partial charge in [-0.3, -0.25) is 4.79 Å². The maximum Gasteiger partial charge on any atom is 0.343 e. The molecule has 2 rings (SSSR count). The van der Waals surface area contributed by atoms with Gasteiger partial charge in [-0.2, -0.15) is 0 Å². The summed E-state index contributed by atoms with van der Waals surface area (Å²) in [6.07, 6.45) is 6.75. The van der Waals surface area contributed by atoms with Crippen molar-refractivity contribution in [3.8, 4) is 5.75 Å². The Balaban J connectivity index is 1.85. The lowest BCUT2D eigenvalue weighted by atomic mass is 10.2. The second-order valence-electron chi connectivity index (χ2n) is 8.04. The minimum absolute atomic E-state index is 0.160. The van der Waals surface area contributed by atoms with Crippen LogP contribution in [-0.2, 0) is 23.8 Å². The number of nitrogens with one attached hydrogen (secondary N) is 1. The molecule has 0 aliphatic carbocycles. The molecule has 0 aliphatic rings. The SMILES string of the molecule is C=CC(=O)OCCCCOc1ccc(C(=O)O/C(C=C)=C/C=C(\C)OC(=O)c2ccc(NC(C)=O)cc2)cc1. The number of anilines is 1. The zero-order chi connectivity index (χ0) is 28.6. The monoisotopic (exact) mass is 533 g/mol. The Labute approximate surface area is 227 Å². The van der Waals surface area contributed by atoms with Gasteiger partial charge in [-0.15, -0.1) is 0 Å². The van der Waals surface area contributed by atoms with Crippen LogP contribution in [0.5, 0.6) is 5.75 Å². The topological polar surface area (TPSA) is 117 Å². The lowest BCUT2D eigenvalue weighted by molar-refractivity contribution is -0.137. The van der Waals surface area contributed by atoms with Crippen LogP contribution in [-0.4, -0.2) is 37.0 Å². The van der Waals surface area contributed by atoms with Crippen molar-refractivity contribution in [3.05, 3.63) is 109 Å². The minimum atomic E-state index is -0.598. The number of carbonyl (C=O) groups excluding carboxylic acids is 4. The van der Waals surface area contributed by atoms with E-state index < -0.39 is 17.9 Å². The van der Waals surface area contributed by atoms with Gasteiger partial charge in [0.15, 0.2) is 0 Å². The van der Waals surface area contributed by atoms with E-state index in [9.17, 15) is 19.2 Å². The number of hydrogen-bond donors (Lipinski definition) is 1. The molecule has 0 bridgehead atoms. The van der Waals surface area contributed by atoms with Crippen LogP contribution in [0, 0.1) is 0 Å².